The zero-order valence-electron chi connectivity index (χ0n) is 15.5. The molecule has 0 atom stereocenters. The Labute approximate surface area is 168 Å². The molecule has 9 nitrogen and oxygen atoms in total. The summed E-state index contributed by atoms with van der Waals surface area (Å²) in [4.78, 5) is 33.2. The average molecular weight is 402 g/mol. The summed E-state index contributed by atoms with van der Waals surface area (Å²) in [6, 6.07) is 12.8. The van der Waals surface area contributed by atoms with E-state index in [4.69, 9.17) is 0 Å². The van der Waals surface area contributed by atoms with E-state index >= 15 is 0 Å². The number of aromatic amines is 1. The van der Waals surface area contributed by atoms with Gasteiger partial charge in [-0.25, -0.2) is 29.0 Å². The molecular weight excluding hydrogens is 387 g/mol. The fourth-order valence-corrected chi connectivity index (χ4v) is 3.13. The molecule has 0 radical (unpaired) electrons. The van der Waals surface area contributed by atoms with E-state index in [1.807, 2.05) is 6.07 Å². The van der Waals surface area contributed by atoms with Crippen LogP contribution in [-0.2, 0) is 6.54 Å². The summed E-state index contributed by atoms with van der Waals surface area (Å²) >= 11 is 0. The van der Waals surface area contributed by atoms with Crippen molar-refractivity contribution < 1.29 is 4.39 Å². The molecule has 10 heteroatoms. The fourth-order valence-electron chi connectivity index (χ4n) is 3.13. The molecule has 5 rings (SSSR count). The lowest BCUT2D eigenvalue weighted by atomic mass is 10.2. The molecule has 0 saturated heterocycles. The first-order valence-electron chi connectivity index (χ1n) is 9.10. The number of rotatable bonds is 5. The summed E-state index contributed by atoms with van der Waals surface area (Å²) < 4.78 is 14.6. The number of halogens is 1. The molecular formula is C20H15FN8O. The van der Waals surface area contributed by atoms with Gasteiger partial charge in [0.2, 0.25) is 0 Å². The summed E-state index contributed by atoms with van der Waals surface area (Å²) in [7, 11) is 0. The van der Waals surface area contributed by atoms with E-state index in [-0.39, 0.29) is 17.9 Å². The van der Waals surface area contributed by atoms with Crippen LogP contribution in [0.5, 0.6) is 0 Å². The number of imidazole rings is 1. The van der Waals surface area contributed by atoms with E-state index in [1.54, 1.807) is 30.3 Å². The van der Waals surface area contributed by atoms with Crippen LogP contribution in [0, 0.1) is 5.82 Å². The van der Waals surface area contributed by atoms with Gasteiger partial charge in [-0.3, -0.25) is 10.2 Å². The van der Waals surface area contributed by atoms with Crippen LogP contribution < -0.4 is 16.3 Å². The number of benzene rings is 2. The molecule has 3 heterocycles. The van der Waals surface area contributed by atoms with Crippen molar-refractivity contribution in [3.05, 3.63) is 83.2 Å². The van der Waals surface area contributed by atoms with Gasteiger partial charge in [-0.2, -0.15) is 0 Å². The standard InChI is InChI=1S/C20H15FN8O/c21-12-5-7-13(8-6-12)28-29-16(27-15-4-2-1-3-14(15)20(29)30)9-22-18-17-19(24-10-23-17)26-11-25-18/h1-8,10-11,28H,9H2,(H2,22,23,24,25,26). The molecule has 0 saturated carbocycles. The molecule has 0 aliphatic heterocycles. The lowest BCUT2D eigenvalue weighted by Gasteiger charge is -2.16. The second-order valence-corrected chi connectivity index (χ2v) is 6.48. The highest BCUT2D eigenvalue weighted by Crippen LogP contribution is 2.16. The minimum absolute atomic E-state index is 0.194. The Hall–Kier alpha value is -4.34. The third-order valence-electron chi connectivity index (χ3n) is 4.57. The van der Waals surface area contributed by atoms with Crippen LogP contribution in [0.15, 0.2) is 66.0 Å². The van der Waals surface area contributed by atoms with Gasteiger partial charge >= 0.3 is 0 Å². The number of anilines is 2. The van der Waals surface area contributed by atoms with Crippen molar-refractivity contribution in [1.82, 2.24) is 29.6 Å². The second kappa shape index (κ2) is 7.24. The third kappa shape index (κ3) is 3.20. The van der Waals surface area contributed by atoms with E-state index in [9.17, 15) is 9.18 Å². The van der Waals surface area contributed by atoms with Gasteiger partial charge in [-0.05, 0) is 36.4 Å². The van der Waals surface area contributed by atoms with Crippen molar-refractivity contribution in [3.63, 3.8) is 0 Å². The fraction of sp³-hybridized carbons (Fsp3) is 0.0500. The van der Waals surface area contributed by atoms with Crippen molar-refractivity contribution in [2.75, 3.05) is 10.7 Å². The Balaban J connectivity index is 1.56. The Bertz CT molecular complexity index is 1410. The van der Waals surface area contributed by atoms with Crippen LogP contribution >= 0.6 is 0 Å². The summed E-state index contributed by atoms with van der Waals surface area (Å²) in [5, 5.41) is 3.64. The maximum atomic E-state index is 13.3. The van der Waals surface area contributed by atoms with Crippen LogP contribution in [0.25, 0.3) is 22.1 Å². The number of para-hydroxylation sites is 1. The number of aromatic nitrogens is 6. The van der Waals surface area contributed by atoms with E-state index in [0.717, 1.165) is 0 Å². The van der Waals surface area contributed by atoms with E-state index in [2.05, 4.69) is 35.7 Å². The van der Waals surface area contributed by atoms with Crippen LogP contribution in [0.3, 0.4) is 0 Å². The van der Waals surface area contributed by atoms with Gasteiger partial charge in [0.15, 0.2) is 17.3 Å². The van der Waals surface area contributed by atoms with Crippen LogP contribution in [0.2, 0.25) is 0 Å². The predicted molar refractivity (Wildman–Crippen MR) is 110 cm³/mol. The maximum Gasteiger partial charge on any atom is 0.280 e. The number of hydrogen-bond acceptors (Lipinski definition) is 7. The van der Waals surface area contributed by atoms with E-state index < -0.39 is 0 Å². The van der Waals surface area contributed by atoms with Gasteiger partial charge in [0.05, 0.1) is 29.5 Å². The molecule has 0 unspecified atom stereocenters. The van der Waals surface area contributed by atoms with Gasteiger partial charge in [0.1, 0.15) is 17.7 Å². The Morgan fingerprint density at radius 1 is 1.03 bits per heavy atom. The maximum absolute atomic E-state index is 13.3. The molecule has 2 aromatic carbocycles. The normalized spacial score (nSPS) is 11.1. The van der Waals surface area contributed by atoms with Crippen molar-refractivity contribution in [2.45, 2.75) is 6.54 Å². The largest absolute Gasteiger partial charge is 0.361 e. The topological polar surface area (TPSA) is 113 Å². The summed E-state index contributed by atoms with van der Waals surface area (Å²) in [6.45, 7) is 0.194. The molecule has 0 fully saturated rings. The van der Waals surface area contributed by atoms with Gasteiger partial charge in [-0.15, -0.1) is 0 Å². The lowest BCUT2D eigenvalue weighted by molar-refractivity contribution is 0.628. The van der Waals surface area contributed by atoms with Gasteiger partial charge in [0, 0.05) is 0 Å². The highest BCUT2D eigenvalue weighted by atomic mass is 19.1. The first-order valence-corrected chi connectivity index (χ1v) is 9.10. The molecule has 0 amide bonds. The zero-order chi connectivity index (χ0) is 20.5. The molecule has 3 N–H and O–H groups in total. The van der Waals surface area contributed by atoms with Crippen LogP contribution in [0.1, 0.15) is 5.82 Å². The Morgan fingerprint density at radius 2 is 1.87 bits per heavy atom. The molecule has 148 valence electrons. The lowest BCUT2D eigenvalue weighted by Crippen LogP contribution is -2.32. The molecule has 30 heavy (non-hydrogen) atoms. The molecule has 0 aliphatic carbocycles. The number of H-pyrrole nitrogens is 1. The van der Waals surface area contributed by atoms with Crippen LogP contribution in [-0.4, -0.2) is 29.6 Å². The molecule has 5 aromatic rings. The summed E-state index contributed by atoms with van der Waals surface area (Å²) in [5.41, 5.74) is 5.05. The SMILES string of the molecule is O=c1c2ccccc2nc(CNc2ncnc3nc[nH]c23)n1Nc1ccc(F)cc1. The van der Waals surface area contributed by atoms with Crippen molar-refractivity contribution >= 4 is 33.6 Å². The minimum Gasteiger partial charge on any atom is -0.361 e. The molecule has 0 spiro atoms. The molecule has 3 aromatic heterocycles. The zero-order valence-corrected chi connectivity index (χ0v) is 15.5. The van der Waals surface area contributed by atoms with Gasteiger partial charge < -0.3 is 10.3 Å². The highest BCUT2D eigenvalue weighted by Gasteiger charge is 2.13. The number of fused-ring (bicyclic) bond motifs is 2. The summed E-state index contributed by atoms with van der Waals surface area (Å²) in [5.74, 6) is 0.598. The summed E-state index contributed by atoms with van der Waals surface area (Å²) in [6.07, 6.45) is 2.94. The number of hydrogen-bond donors (Lipinski definition) is 3. The van der Waals surface area contributed by atoms with Crippen molar-refractivity contribution in [3.8, 4) is 0 Å². The quantitative estimate of drug-likeness (QED) is 0.414. The highest BCUT2D eigenvalue weighted by molar-refractivity contribution is 5.82. The van der Waals surface area contributed by atoms with E-state index in [0.29, 0.717) is 39.4 Å². The van der Waals surface area contributed by atoms with Crippen molar-refractivity contribution in [2.24, 2.45) is 0 Å². The number of nitrogens with one attached hydrogen (secondary N) is 3. The van der Waals surface area contributed by atoms with Crippen LogP contribution in [0.4, 0.5) is 15.9 Å². The monoisotopic (exact) mass is 402 g/mol. The first kappa shape index (κ1) is 17.7. The smallest absolute Gasteiger partial charge is 0.280 e. The van der Waals surface area contributed by atoms with Crippen molar-refractivity contribution in [1.29, 1.82) is 0 Å². The number of nitrogens with zero attached hydrogens (tertiary/aromatic N) is 5. The second-order valence-electron chi connectivity index (χ2n) is 6.48. The van der Waals surface area contributed by atoms with E-state index in [1.165, 1.54) is 29.5 Å². The minimum atomic E-state index is -0.362. The Kier molecular flexibility index (Phi) is 4.28. The third-order valence-corrected chi connectivity index (χ3v) is 4.57. The van der Waals surface area contributed by atoms with Gasteiger partial charge in [-0.1, -0.05) is 12.1 Å². The Morgan fingerprint density at radius 3 is 2.73 bits per heavy atom. The predicted octanol–water partition coefficient (Wildman–Crippen LogP) is 2.69. The van der Waals surface area contributed by atoms with Gasteiger partial charge in [0.25, 0.3) is 5.56 Å². The molecule has 0 aliphatic rings. The first-order chi connectivity index (χ1) is 14.7. The molecule has 0 bridgehead atoms. The average Bonchev–Trinajstić information content (AvgIpc) is 3.25.